The number of piperazine rings is 1. The molecule has 2 aromatic heterocycles. The Labute approximate surface area is 172 Å². The Kier molecular flexibility index (Phi) is 7.77. The van der Waals surface area contributed by atoms with Crippen molar-refractivity contribution in [2.24, 2.45) is 0 Å². The van der Waals surface area contributed by atoms with E-state index in [0.717, 1.165) is 43.4 Å². The first-order valence-corrected chi connectivity index (χ1v) is 9.95. The van der Waals surface area contributed by atoms with Gasteiger partial charge >= 0.3 is 0 Å². The fourth-order valence-electron chi connectivity index (χ4n) is 3.09. The second-order valence-corrected chi connectivity index (χ2v) is 7.18. The molecule has 1 saturated heterocycles. The Morgan fingerprint density at radius 2 is 2.00 bits per heavy atom. The number of hydrogen-bond donors (Lipinski definition) is 1. The van der Waals surface area contributed by atoms with Gasteiger partial charge < -0.3 is 24.6 Å². The van der Waals surface area contributed by atoms with Gasteiger partial charge in [-0.1, -0.05) is 6.08 Å². The van der Waals surface area contributed by atoms with Gasteiger partial charge in [0.2, 0.25) is 0 Å². The normalized spacial score (nSPS) is 17.1. The van der Waals surface area contributed by atoms with Crippen LogP contribution < -0.4 is 19.7 Å². The van der Waals surface area contributed by atoms with E-state index in [-0.39, 0.29) is 0 Å². The van der Waals surface area contributed by atoms with Crippen LogP contribution in [0.4, 0.5) is 5.82 Å². The summed E-state index contributed by atoms with van der Waals surface area (Å²) >= 11 is 0. The van der Waals surface area contributed by atoms with E-state index < -0.39 is 0 Å². The van der Waals surface area contributed by atoms with E-state index in [1.807, 2.05) is 32.3 Å². The fraction of sp³-hybridized carbons (Fsp3) is 0.476. The van der Waals surface area contributed by atoms with Gasteiger partial charge in [0.25, 0.3) is 5.88 Å². The van der Waals surface area contributed by atoms with Gasteiger partial charge in [0.1, 0.15) is 24.7 Å². The van der Waals surface area contributed by atoms with Crippen LogP contribution in [0.25, 0.3) is 6.08 Å². The van der Waals surface area contributed by atoms with Gasteiger partial charge in [0.15, 0.2) is 5.82 Å². The van der Waals surface area contributed by atoms with E-state index in [1.165, 1.54) is 0 Å². The molecule has 0 saturated carbocycles. The molecule has 0 aliphatic carbocycles. The van der Waals surface area contributed by atoms with Crippen LogP contribution >= 0.6 is 0 Å². The second-order valence-electron chi connectivity index (χ2n) is 7.18. The molecule has 29 heavy (non-hydrogen) atoms. The van der Waals surface area contributed by atoms with Crippen LogP contribution in [-0.4, -0.2) is 79.4 Å². The van der Waals surface area contributed by atoms with Crippen molar-refractivity contribution in [1.29, 1.82) is 0 Å². The van der Waals surface area contributed by atoms with E-state index in [9.17, 15) is 0 Å². The number of ether oxygens (including phenoxy) is 2. The number of nitrogens with zero attached hydrogens (tertiary/aromatic N) is 5. The largest absolute Gasteiger partial charge is 0.488 e. The second kappa shape index (κ2) is 10.7. The lowest BCUT2D eigenvalue weighted by molar-refractivity contribution is 0.210. The molecule has 0 amide bonds. The summed E-state index contributed by atoms with van der Waals surface area (Å²) in [5.41, 5.74) is 0.809. The van der Waals surface area contributed by atoms with E-state index in [4.69, 9.17) is 9.47 Å². The standard InChI is InChI=1S/C21H30N6O2/c1-17-16-22-11-13-27(17)20-21(25-10-9-24-20)29-15-14-28-19-7-4-8-23-18(19)6-5-12-26(2)3/h4-10,17,22H,11-16H2,1-3H3/b6-5+/t17-/m1/s1. The molecule has 8 nitrogen and oxygen atoms in total. The first-order chi connectivity index (χ1) is 14.1. The number of nitrogens with one attached hydrogen (secondary N) is 1. The summed E-state index contributed by atoms with van der Waals surface area (Å²) in [5.74, 6) is 2.07. The van der Waals surface area contributed by atoms with Crippen LogP contribution in [0.15, 0.2) is 36.8 Å². The quantitative estimate of drug-likeness (QED) is 0.640. The van der Waals surface area contributed by atoms with Gasteiger partial charge in [-0.15, -0.1) is 0 Å². The van der Waals surface area contributed by atoms with E-state index in [1.54, 1.807) is 18.6 Å². The molecule has 3 heterocycles. The average molecular weight is 399 g/mol. The third-order valence-corrected chi connectivity index (χ3v) is 4.55. The van der Waals surface area contributed by atoms with Crippen molar-refractivity contribution in [3.63, 3.8) is 0 Å². The summed E-state index contributed by atoms with van der Waals surface area (Å²) in [6, 6.07) is 4.12. The summed E-state index contributed by atoms with van der Waals surface area (Å²) in [5, 5.41) is 3.39. The highest BCUT2D eigenvalue weighted by atomic mass is 16.5. The maximum absolute atomic E-state index is 5.91. The van der Waals surface area contributed by atoms with Gasteiger partial charge in [0.05, 0.1) is 0 Å². The molecule has 156 valence electrons. The lowest BCUT2D eigenvalue weighted by Crippen LogP contribution is -2.50. The molecule has 1 aliphatic rings. The molecule has 2 aromatic rings. The summed E-state index contributed by atoms with van der Waals surface area (Å²) < 4.78 is 11.8. The minimum atomic E-state index is 0.339. The Balaban J connectivity index is 1.56. The molecule has 0 spiro atoms. The van der Waals surface area contributed by atoms with Gasteiger partial charge in [-0.25, -0.2) is 9.97 Å². The Hall–Kier alpha value is -2.71. The molecular weight excluding hydrogens is 368 g/mol. The molecule has 0 bridgehead atoms. The van der Waals surface area contributed by atoms with Gasteiger partial charge in [-0.2, -0.15) is 0 Å². The van der Waals surface area contributed by atoms with Gasteiger partial charge in [-0.05, 0) is 39.2 Å². The van der Waals surface area contributed by atoms with E-state index in [2.05, 4.69) is 43.1 Å². The van der Waals surface area contributed by atoms with Crippen molar-refractivity contribution >= 4 is 11.9 Å². The molecule has 1 aliphatic heterocycles. The third kappa shape index (κ3) is 6.13. The molecular formula is C21H30N6O2. The molecule has 1 N–H and O–H groups in total. The summed E-state index contributed by atoms with van der Waals surface area (Å²) in [7, 11) is 4.05. The molecule has 1 atom stereocenters. The third-order valence-electron chi connectivity index (χ3n) is 4.55. The van der Waals surface area contributed by atoms with Crippen molar-refractivity contribution in [2.75, 3.05) is 58.4 Å². The molecule has 0 radical (unpaired) electrons. The molecule has 0 unspecified atom stereocenters. The number of aromatic nitrogens is 3. The molecule has 3 rings (SSSR count). The SMILES string of the molecule is C[C@@H]1CNCCN1c1nccnc1OCCOc1cccnc1/C=C/CN(C)C. The Morgan fingerprint density at radius 3 is 2.83 bits per heavy atom. The predicted octanol–water partition coefficient (Wildman–Crippen LogP) is 1.70. The number of rotatable bonds is 9. The topological polar surface area (TPSA) is 75.6 Å². The fourth-order valence-corrected chi connectivity index (χ4v) is 3.09. The van der Waals surface area contributed by atoms with Gasteiger partial charge in [0, 0.05) is 50.8 Å². The van der Waals surface area contributed by atoms with Crippen LogP contribution in [0.2, 0.25) is 0 Å². The van der Waals surface area contributed by atoms with Crippen molar-refractivity contribution in [1.82, 2.24) is 25.2 Å². The highest BCUT2D eigenvalue weighted by Gasteiger charge is 2.23. The van der Waals surface area contributed by atoms with Crippen LogP contribution in [0.3, 0.4) is 0 Å². The lowest BCUT2D eigenvalue weighted by atomic mass is 10.2. The van der Waals surface area contributed by atoms with Crippen LogP contribution in [0.1, 0.15) is 12.6 Å². The van der Waals surface area contributed by atoms with Crippen molar-refractivity contribution in [3.05, 3.63) is 42.5 Å². The summed E-state index contributed by atoms with van der Waals surface area (Å²) in [4.78, 5) is 17.6. The number of pyridine rings is 1. The highest BCUT2D eigenvalue weighted by molar-refractivity contribution is 5.52. The van der Waals surface area contributed by atoms with Crippen molar-refractivity contribution in [3.8, 4) is 11.6 Å². The first kappa shape index (κ1) is 21.0. The highest BCUT2D eigenvalue weighted by Crippen LogP contribution is 2.25. The number of likely N-dealkylation sites (N-methyl/N-ethyl adjacent to an activating group) is 1. The zero-order chi connectivity index (χ0) is 20.5. The van der Waals surface area contributed by atoms with Crippen LogP contribution in [0.5, 0.6) is 11.6 Å². The first-order valence-electron chi connectivity index (χ1n) is 9.95. The van der Waals surface area contributed by atoms with Crippen molar-refractivity contribution in [2.45, 2.75) is 13.0 Å². The predicted molar refractivity (Wildman–Crippen MR) is 115 cm³/mol. The zero-order valence-corrected chi connectivity index (χ0v) is 17.4. The summed E-state index contributed by atoms with van der Waals surface area (Å²) in [6.45, 7) is 6.51. The summed E-state index contributed by atoms with van der Waals surface area (Å²) in [6.07, 6.45) is 9.16. The molecule has 8 heteroatoms. The molecule has 0 aromatic carbocycles. The monoisotopic (exact) mass is 398 g/mol. The number of anilines is 1. The number of hydrogen-bond acceptors (Lipinski definition) is 8. The zero-order valence-electron chi connectivity index (χ0n) is 17.4. The van der Waals surface area contributed by atoms with E-state index in [0.29, 0.717) is 25.1 Å². The Morgan fingerprint density at radius 1 is 1.17 bits per heavy atom. The lowest BCUT2D eigenvalue weighted by Gasteiger charge is -2.35. The Bertz CT molecular complexity index is 798. The maximum Gasteiger partial charge on any atom is 0.257 e. The molecule has 1 fully saturated rings. The van der Waals surface area contributed by atoms with Crippen LogP contribution in [0, 0.1) is 0 Å². The minimum absolute atomic E-state index is 0.339. The van der Waals surface area contributed by atoms with Crippen molar-refractivity contribution < 1.29 is 9.47 Å². The van der Waals surface area contributed by atoms with Gasteiger partial charge in [-0.3, -0.25) is 4.98 Å². The average Bonchev–Trinajstić information content (AvgIpc) is 2.73. The van der Waals surface area contributed by atoms with E-state index >= 15 is 0 Å². The smallest absolute Gasteiger partial charge is 0.257 e. The van der Waals surface area contributed by atoms with Crippen LogP contribution in [-0.2, 0) is 0 Å². The maximum atomic E-state index is 5.91. The minimum Gasteiger partial charge on any atom is -0.488 e.